The maximum atomic E-state index is 12.2. The van der Waals surface area contributed by atoms with Crippen LogP contribution in [0.4, 0.5) is 11.4 Å². The van der Waals surface area contributed by atoms with E-state index in [4.69, 9.17) is 14.2 Å². The molecule has 0 aromatic heterocycles. The summed E-state index contributed by atoms with van der Waals surface area (Å²) in [5.41, 5.74) is 1.53. The van der Waals surface area contributed by atoms with Crippen molar-refractivity contribution < 1.29 is 19.0 Å². The Hall–Kier alpha value is -2.73. The molecule has 1 amide bonds. The molecule has 0 atom stereocenters. The van der Waals surface area contributed by atoms with Crippen LogP contribution in [0.15, 0.2) is 48.5 Å². The van der Waals surface area contributed by atoms with Gasteiger partial charge in [0, 0.05) is 30.1 Å². The number of carbonyl (C=O) groups is 1. The molecule has 0 unspecified atom stereocenters. The molecule has 0 spiro atoms. The summed E-state index contributed by atoms with van der Waals surface area (Å²) in [5, 5.41) is 5.98. The van der Waals surface area contributed by atoms with Crippen molar-refractivity contribution in [3.05, 3.63) is 48.5 Å². The van der Waals surface area contributed by atoms with E-state index >= 15 is 0 Å². The molecule has 0 aliphatic rings. The topological polar surface area (TPSA) is 68.8 Å². The highest BCUT2D eigenvalue weighted by Gasteiger charge is 2.05. The number of ether oxygens (including phenoxy) is 3. The third-order valence-corrected chi connectivity index (χ3v) is 3.69. The maximum absolute atomic E-state index is 12.2. The van der Waals surface area contributed by atoms with Crippen molar-refractivity contribution in [1.29, 1.82) is 0 Å². The highest BCUT2D eigenvalue weighted by atomic mass is 16.5. The lowest BCUT2D eigenvalue weighted by Gasteiger charge is -2.12. The standard InChI is InChI=1S/C22H30N2O4/c1-4-26-11-12-27-20-9-6-8-19(14-20)24-22(25)15-23-18-7-5-10-21(13-18)28-16-17(2)3/h5-10,13-14,17,23H,4,11-12,15-16H2,1-3H3,(H,24,25). The third-order valence-electron chi connectivity index (χ3n) is 3.69. The van der Waals surface area contributed by atoms with Gasteiger partial charge >= 0.3 is 0 Å². The molecule has 0 saturated heterocycles. The second-order valence-electron chi connectivity index (χ2n) is 6.71. The molecule has 0 fully saturated rings. The zero-order valence-corrected chi connectivity index (χ0v) is 16.9. The molecule has 0 aliphatic carbocycles. The predicted molar refractivity (Wildman–Crippen MR) is 112 cm³/mol. The number of amides is 1. The van der Waals surface area contributed by atoms with Gasteiger partial charge < -0.3 is 24.8 Å². The van der Waals surface area contributed by atoms with Crippen molar-refractivity contribution in [2.75, 3.05) is 43.6 Å². The Morgan fingerprint density at radius 1 is 0.964 bits per heavy atom. The Balaban J connectivity index is 1.80. The molecule has 0 saturated carbocycles. The first kappa shape index (κ1) is 21.6. The Bertz CT molecular complexity index is 734. The van der Waals surface area contributed by atoms with E-state index in [1.54, 1.807) is 6.07 Å². The molecular formula is C22H30N2O4. The summed E-state index contributed by atoms with van der Waals surface area (Å²) in [5.74, 6) is 1.80. The van der Waals surface area contributed by atoms with E-state index in [1.165, 1.54) is 0 Å². The summed E-state index contributed by atoms with van der Waals surface area (Å²) in [4.78, 5) is 12.2. The molecule has 0 radical (unpaired) electrons. The van der Waals surface area contributed by atoms with Crippen LogP contribution in [0.5, 0.6) is 11.5 Å². The van der Waals surface area contributed by atoms with Gasteiger partial charge in [-0.15, -0.1) is 0 Å². The molecule has 2 rings (SSSR count). The van der Waals surface area contributed by atoms with Gasteiger partial charge in [-0.3, -0.25) is 4.79 Å². The second kappa shape index (κ2) is 11.9. The molecule has 0 heterocycles. The van der Waals surface area contributed by atoms with Gasteiger partial charge in [0.25, 0.3) is 0 Å². The largest absolute Gasteiger partial charge is 0.493 e. The monoisotopic (exact) mass is 386 g/mol. The van der Waals surface area contributed by atoms with Crippen molar-refractivity contribution in [2.24, 2.45) is 5.92 Å². The zero-order valence-electron chi connectivity index (χ0n) is 16.9. The van der Waals surface area contributed by atoms with Crippen molar-refractivity contribution in [3.8, 4) is 11.5 Å². The molecule has 2 N–H and O–H groups in total. The normalized spacial score (nSPS) is 10.6. The summed E-state index contributed by atoms with van der Waals surface area (Å²) in [6, 6.07) is 14.9. The lowest BCUT2D eigenvalue weighted by Crippen LogP contribution is -2.21. The van der Waals surface area contributed by atoms with Crippen LogP contribution in [0, 0.1) is 5.92 Å². The molecule has 28 heavy (non-hydrogen) atoms. The highest BCUT2D eigenvalue weighted by Crippen LogP contribution is 2.19. The van der Waals surface area contributed by atoms with E-state index in [9.17, 15) is 4.79 Å². The lowest BCUT2D eigenvalue weighted by molar-refractivity contribution is -0.114. The van der Waals surface area contributed by atoms with Crippen LogP contribution in [0.2, 0.25) is 0 Å². The van der Waals surface area contributed by atoms with E-state index in [-0.39, 0.29) is 12.5 Å². The Kier molecular flexibility index (Phi) is 9.15. The number of benzene rings is 2. The minimum Gasteiger partial charge on any atom is -0.493 e. The fraction of sp³-hybridized carbons (Fsp3) is 0.409. The van der Waals surface area contributed by atoms with E-state index in [2.05, 4.69) is 24.5 Å². The molecule has 6 nitrogen and oxygen atoms in total. The molecule has 2 aromatic carbocycles. The van der Waals surface area contributed by atoms with Crippen LogP contribution in [-0.4, -0.2) is 38.9 Å². The number of nitrogens with one attached hydrogen (secondary N) is 2. The fourth-order valence-electron chi connectivity index (χ4n) is 2.37. The summed E-state index contributed by atoms with van der Waals surface area (Å²) in [6.45, 7) is 8.64. The summed E-state index contributed by atoms with van der Waals surface area (Å²) in [7, 11) is 0. The molecule has 6 heteroatoms. The Morgan fingerprint density at radius 2 is 1.64 bits per heavy atom. The summed E-state index contributed by atoms with van der Waals surface area (Å²) >= 11 is 0. The van der Waals surface area contributed by atoms with Crippen molar-refractivity contribution in [1.82, 2.24) is 0 Å². The predicted octanol–water partition coefficient (Wildman–Crippen LogP) is 4.19. The van der Waals surface area contributed by atoms with Crippen LogP contribution in [0.1, 0.15) is 20.8 Å². The van der Waals surface area contributed by atoms with Gasteiger partial charge in [0.05, 0.1) is 19.8 Å². The van der Waals surface area contributed by atoms with E-state index in [1.807, 2.05) is 49.4 Å². The van der Waals surface area contributed by atoms with Gasteiger partial charge in [-0.2, -0.15) is 0 Å². The maximum Gasteiger partial charge on any atom is 0.243 e. The van der Waals surface area contributed by atoms with Crippen molar-refractivity contribution in [2.45, 2.75) is 20.8 Å². The van der Waals surface area contributed by atoms with Gasteiger partial charge in [0.15, 0.2) is 0 Å². The lowest BCUT2D eigenvalue weighted by atomic mass is 10.2. The van der Waals surface area contributed by atoms with Crippen molar-refractivity contribution >= 4 is 17.3 Å². The Morgan fingerprint density at radius 3 is 2.36 bits per heavy atom. The fourth-order valence-corrected chi connectivity index (χ4v) is 2.37. The zero-order chi connectivity index (χ0) is 20.2. The molecular weight excluding hydrogens is 356 g/mol. The average Bonchev–Trinajstić information content (AvgIpc) is 2.69. The third kappa shape index (κ3) is 8.31. The minimum absolute atomic E-state index is 0.139. The number of anilines is 2. The number of hydrogen-bond acceptors (Lipinski definition) is 5. The first-order valence-corrected chi connectivity index (χ1v) is 9.64. The number of rotatable bonds is 12. The number of hydrogen-bond donors (Lipinski definition) is 2. The van der Waals surface area contributed by atoms with Gasteiger partial charge in [0.2, 0.25) is 5.91 Å². The first-order valence-electron chi connectivity index (χ1n) is 9.64. The van der Waals surface area contributed by atoms with E-state index in [0.717, 1.165) is 11.4 Å². The van der Waals surface area contributed by atoms with Gasteiger partial charge in [-0.05, 0) is 37.1 Å². The molecule has 152 valence electrons. The van der Waals surface area contributed by atoms with Crippen LogP contribution in [0.25, 0.3) is 0 Å². The van der Waals surface area contributed by atoms with Crippen LogP contribution in [-0.2, 0) is 9.53 Å². The van der Waals surface area contributed by atoms with E-state index < -0.39 is 0 Å². The Labute approximate surface area is 167 Å². The van der Waals surface area contributed by atoms with Gasteiger partial charge in [-0.25, -0.2) is 0 Å². The average molecular weight is 386 g/mol. The minimum atomic E-state index is -0.139. The van der Waals surface area contributed by atoms with Gasteiger partial charge in [0.1, 0.15) is 18.1 Å². The summed E-state index contributed by atoms with van der Waals surface area (Å²) in [6.07, 6.45) is 0. The van der Waals surface area contributed by atoms with Gasteiger partial charge in [-0.1, -0.05) is 26.0 Å². The smallest absolute Gasteiger partial charge is 0.243 e. The molecule has 0 bridgehead atoms. The first-order chi connectivity index (χ1) is 13.6. The van der Waals surface area contributed by atoms with Crippen LogP contribution < -0.4 is 20.1 Å². The van der Waals surface area contributed by atoms with E-state index in [0.29, 0.717) is 43.8 Å². The summed E-state index contributed by atoms with van der Waals surface area (Å²) < 4.78 is 16.6. The quantitative estimate of drug-likeness (QED) is 0.536. The SMILES string of the molecule is CCOCCOc1cccc(NC(=O)CNc2cccc(OCC(C)C)c2)c1. The second-order valence-corrected chi connectivity index (χ2v) is 6.71. The van der Waals surface area contributed by atoms with Crippen LogP contribution in [0.3, 0.4) is 0 Å². The molecule has 2 aromatic rings. The van der Waals surface area contributed by atoms with Crippen molar-refractivity contribution in [3.63, 3.8) is 0 Å². The van der Waals surface area contributed by atoms with Crippen LogP contribution >= 0.6 is 0 Å². The number of carbonyl (C=O) groups excluding carboxylic acids is 1. The molecule has 0 aliphatic heterocycles. The highest BCUT2D eigenvalue weighted by molar-refractivity contribution is 5.93.